The van der Waals surface area contributed by atoms with E-state index < -0.39 is 5.91 Å². The number of hydrogen-bond acceptors (Lipinski definition) is 4. The van der Waals surface area contributed by atoms with Crippen LogP contribution in [0.5, 0.6) is 0 Å². The van der Waals surface area contributed by atoms with Crippen molar-refractivity contribution >= 4 is 34.6 Å². The Kier molecular flexibility index (Phi) is 7.07. The number of nitrogens with two attached hydrogens (primary N) is 1. The van der Waals surface area contributed by atoms with E-state index in [0.29, 0.717) is 22.1 Å². The zero-order valence-corrected chi connectivity index (χ0v) is 15.3. The number of nitriles is 1. The molecular formula is C20H21ClN4O. The van der Waals surface area contributed by atoms with Gasteiger partial charge in [-0.15, -0.1) is 0 Å². The normalized spacial score (nSPS) is 10.9. The summed E-state index contributed by atoms with van der Waals surface area (Å²) in [6.07, 6.45) is 4.63. The molecule has 0 bridgehead atoms. The molecule has 2 aromatic rings. The van der Waals surface area contributed by atoms with Crippen LogP contribution < -0.4 is 16.4 Å². The van der Waals surface area contributed by atoms with Crippen molar-refractivity contribution in [2.45, 2.75) is 26.2 Å². The van der Waals surface area contributed by atoms with E-state index in [2.05, 4.69) is 17.6 Å². The van der Waals surface area contributed by atoms with E-state index in [9.17, 15) is 10.1 Å². The van der Waals surface area contributed by atoms with Crippen molar-refractivity contribution < 1.29 is 4.79 Å². The molecule has 0 aliphatic carbocycles. The summed E-state index contributed by atoms with van der Waals surface area (Å²) < 4.78 is 0. The number of carbonyl (C=O) groups is 1. The molecule has 0 radical (unpaired) electrons. The topological polar surface area (TPSA) is 90.9 Å². The molecule has 0 saturated heterocycles. The number of rotatable bonds is 7. The van der Waals surface area contributed by atoms with Crippen LogP contribution in [0, 0.1) is 11.3 Å². The number of nitrogens with one attached hydrogen (secondary N) is 2. The van der Waals surface area contributed by atoms with Crippen LogP contribution in [-0.4, -0.2) is 5.91 Å². The lowest BCUT2D eigenvalue weighted by Crippen LogP contribution is -2.14. The van der Waals surface area contributed by atoms with E-state index in [0.717, 1.165) is 19.3 Å². The second-order valence-electron chi connectivity index (χ2n) is 5.81. The molecule has 0 saturated carbocycles. The highest BCUT2D eigenvalue weighted by atomic mass is 35.5. The Bertz CT molecular complexity index is 838. The first kappa shape index (κ1) is 19.4. The summed E-state index contributed by atoms with van der Waals surface area (Å²) in [6.45, 7) is 2.15. The largest absolute Gasteiger partial charge is 0.398 e. The van der Waals surface area contributed by atoms with Gasteiger partial charge in [0.05, 0.1) is 10.7 Å². The van der Waals surface area contributed by atoms with Gasteiger partial charge in [-0.25, -0.2) is 0 Å². The lowest BCUT2D eigenvalue weighted by Gasteiger charge is -2.07. The molecule has 2 rings (SSSR count). The highest BCUT2D eigenvalue weighted by Crippen LogP contribution is 2.22. The van der Waals surface area contributed by atoms with E-state index in [-0.39, 0.29) is 5.57 Å². The van der Waals surface area contributed by atoms with Crippen molar-refractivity contribution in [1.82, 2.24) is 0 Å². The Morgan fingerprint density at radius 3 is 2.54 bits per heavy atom. The molecule has 0 aliphatic rings. The predicted molar refractivity (Wildman–Crippen MR) is 107 cm³/mol. The molecule has 0 atom stereocenters. The lowest BCUT2D eigenvalue weighted by atomic mass is 10.1. The Hall–Kier alpha value is -2.97. The van der Waals surface area contributed by atoms with Gasteiger partial charge in [0.1, 0.15) is 11.6 Å². The van der Waals surface area contributed by atoms with Crippen LogP contribution in [0.3, 0.4) is 0 Å². The maximum absolute atomic E-state index is 12.3. The summed E-state index contributed by atoms with van der Waals surface area (Å²) >= 11 is 5.95. The molecule has 0 aliphatic heterocycles. The number of hydrogen-bond donors (Lipinski definition) is 3. The zero-order valence-electron chi connectivity index (χ0n) is 14.6. The van der Waals surface area contributed by atoms with Gasteiger partial charge >= 0.3 is 0 Å². The lowest BCUT2D eigenvalue weighted by molar-refractivity contribution is -0.112. The van der Waals surface area contributed by atoms with Gasteiger partial charge in [0, 0.05) is 17.6 Å². The minimum atomic E-state index is -0.483. The number of aryl methyl sites for hydroxylation is 1. The molecule has 134 valence electrons. The Balaban J connectivity index is 2.01. The van der Waals surface area contributed by atoms with Gasteiger partial charge in [0.25, 0.3) is 5.91 Å². The predicted octanol–water partition coefficient (Wildman–Crippen LogP) is 4.72. The SMILES string of the molecule is CCCCc1ccc(NC(=O)/C(C#N)=C\Nc2ccc(N)c(Cl)c2)cc1. The van der Waals surface area contributed by atoms with E-state index in [4.69, 9.17) is 17.3 Å². The van der Waals surface area contributed by atoms with E-state index in [1.165, 1.54) is 11.8 Å². The minimum absolute atomic E-state index is 0.0481. The van der Waals surface area contributed by atoms with Crippen LogP contribution in [-0.2, 0) is 11.2 Å². The van der Waals surface area contributed by atoms with Crippen LogP contribution in [0.1, 0.15) is 25.3 Å². The first-order valence-electron chi connectivity index (χ1n) is 8.35. The molecular weight excluding hydrogens is 348 g/mol. The third kappa shape index (κ3) is 5.54. The number of amides is 1. The molecule has 0 aromatic heterocycles. The molecule has 26 heavy (non-hydrogen) atoms. The molecule has 0 spiro atoms. The van der Waals surface area contributed by atoms with Crippen molar-refractivity contribution in [2.24, 2.45) is 0 Å². The van der Waals surface area contributed by atoms with Crippen molar-refractivity contribution in [3.63, 3.8) is 0 Å². The van der Waals surface area contributed by atoms with Crippen LogP contribution in [0.2, 0.25) is 5.02 Å². The summed E-state index contributed by atoms with van der Waals surface area (Å²) in [6, 6.07) is 14.5. The van der Waals surface area contributed by atoms with Gasteiger partial charge in [0.2, 0.25) is 0 Å². The van der Waals surface area contributed by atoms with Gasteiger partial charge in [-0.05, 0) is 48.7 Å². The quantitative estimate of drug-likeness (QED) is 0.374. The van der Waals surface area contributed by atoms with E-state index in [1.807, 2.05) is 30.3 Å². The summed E-state index contributed by atoms with van der Waals surface area (Å²) in [5, 5.41) is 15.2. The third-order valence-electron chi connectivity index (χ3n) is 3.78. The highest BCUT2D eigenvalue weighted by molar-refractivity contribution is 6.33. The number of nitrogens with zero attached hydrogens (tertiary/aromatic N) is 1. The summed E-state index contributed by atoms with van der Waals surface area (Å²) in [4.78, 5) is 12.3. The average Bonchev–Trinajstić information content (AvgIpc) is 2.64. The number of benzene rings is 2. The van der Waals surface area contributed by atoms with Crippen LogP contribution in [0.15, 0.2) is 54.2 Å². The van der Waals surface area contributed by atoms with Crippen molar-refractivity contribution in [2.75, 3.05) is 16.4 Å². The minimum Gasteiger partial charge on any atom is -0.398 e. The molecule has 0 fully saturated rings. The fourth-order valence-corrected chi connectivity index (χ4v) is 2.44. The fraction of sp³-hybridized carbons (Fsp3) is 0.200. The highest BCUT2D eigenvalue weighted by Gasteiger charge is 2.09. The van der Waals surface area contributed by atoms with Crippen molar-refractivity contribution in [1.29, 1.82) is 5.26 Å². The molecule has 0 heterocycles. The molecule has 1 amide bonds. The number of nitrogen functional groups attached to an aromatic ring is 1. The van der Waals surface area contributed by atoms with Crippen LogP contribution >= 0.6 is 11.6 Å². The van der Waals surface area contributed by atoms with Gasteiger partial charge in [-0.2, -0.15) is 5.26 Å². The van der Waals surface area contributed by atoms with Gasteiger partial charge < -0.3 is 16.4 Å². The van der Waals surface area contributed by atoms with Crippen LogP contribution in [0.4, 0.5) is 17.1 Å². The number of carbonyl (C=O) groups excluding carboxylic acids is 1. The Morgan fingerprint density at radius 2 is 1.92 bits per heavy atom. The fourth-order valence-electron chi connectivity index (χ4n) is 2.26. The Morgan fingerprint density at radius 1 is 1.23 bits per heavy atom. The average molecular weight is 369 g/mol. The Labute approximate surface area is 158 Å². The van der Waals surface area contributed by atoms with Crippen molar-refractivity contribution in [3.05, 3.63) is 64.8 Å². The second-order valence-corrected chi connectivity index (χ2v) is 6.21. The zero-order chi connectivity index (χ0) is 18.9. The van der Waals surface area contributed by atoms with Gasteiger partial charge in [-0.1, -0.05) is 37.1 Å². The third-order valence-corrected chi connectivity index (χ3v) is 4.11. The van der Waals surface area contributed by atoms with Gasteiger partial charge in [0.15, 0.2) is 0 Å². The second kappa shape index (κ2) is 9.50. The van der Waals surface area contributed by atoms with E-state index >= 15 is 0 Å². The number of halogens is 1. The monoisotopic (exact) mass is 368 g/mol. The molecule has 2 aromatic carbocycles. The molecule has 4 N–H and O–H groups in total. The van der Waals surface area contributed by atoms with Crippen LogP contribution in [0.25, 0.3) is 0 Å². The molecule has 0 unspecified atom stereocenters. The van der Waals surface area contributed by atoms with E-state index in [1.54, 1.807) is 18.2 Å². The molecule has 5 nitrogen and oxygen atoms in total. The maximum Gasteiger partial charge on any atom is 0.267 e. The van der Waals surface area contributed by atoms with Crippen molar-refractivity contribution in [3.8, 4) is 6.07 Å². The summed E-state index contributed by atoms with van der Waals surface area (Å²) in [5.41, 5.74) is 8.56. The molecule has 6 heteroatoms. The van der Waals surface area contributed by atoms with Gasteiger partial charge in [-0.3, -0.25) is 4.79 Å². The summed E-state index contributed by atoms with van der Waals surface area (Å²) in [7, 11) is 0. The first-order valence-corrected chi connectivity index (χ1v) is 8.73. The number of anilines is 3. The smallest absolute Gasteiger partial charge is 0.267 e. The standard InChI is InChI=1S/C20H21ClN4O/c1-2-3-4-14-5-7-16(8-6-14)25-20(26)15(12-22)13-24-17-9-10-19(23)18(21)11-17/h5-11,13,24H,2-4,23H2,1H3,(H,25,26)/b15-13-. The summed E-state index contributed by atoms with van der Waals surface area (Å²) in [5.74, 6) is -0.483. The maximum atomic E-state index is 12.3. The number of unbranched alkanes of at least 4 members (excludes halogenated alkanes) is 1. The first-order chi connectivity index (χ1) is 12.5.